The van der Waals surface area contributed by atoms with Crippen LogP contribution in [0.3, 0.4) is 0 Å². The van der Waals surface area contributed by atoms with Crippen LogP contribution < -0.4 is 5.32 Å². The Morgan fingerprint density at radius 2 is 1.20 bits per heavy atom. The maximum atomic E-state index is 12.0. The zero-order valence-electron chi connectivity index (χ0n) is 20.3. The van der Waals surface area contributed by atoms with E-state index < -0.39 is 25.1 Å². The van der Waals surface area contributed by atoms with Gasteiger partial charge in [0, 0.05) is 12.6 Å². The summed E-state index contributed by atoms with van der Waals surface area (Å²) in [7, 11) is -8.99. The molecule has 0 spiro atoms. The molecule has 0 heterocycles. The molecule has 0 aliphatic carbocycles. The molecule has 0 aliphatic rings. The average molecular weight is 584 g/mol. The van der Waals surface area contributed by atoms with Crippen LogP contribution in [-0.4, -0.2) is 36.2 Å². The van der Waals surface area contributed by atoms with Gasteiger partial charge in [0.2, 0.25) is 0 Å². The number of phenols is 2. The molecular formula is C25H21N5O8S2. The molecule has 0 unspecified atom stereocenters. The lowest BCUT2D eigenvalue weighted by atomic mass is 10.2. The molecule has 206 valence electrons. The second kappa shape index (κ2) is 11.6. The number of azo groups is 2. The number of hydrogen-bond donors (Lipinski definition) is 5. The Labute approximate surface area is 228 Å². The zero-order chi connectivity index (χ0) is 28.9. The van der Waals surface area contributed by atoms with Crippen molar-refractivity contribution in [2.24, 2.45) is 20.5 Å². The molecule has 40 heavy (non-hydrogen) atoms. The van der Waals surface area contributed by atoms with Crippen LogP contribution in [0.25, 0.3) is 0 Å². The summed E-state index contributed by atoms with van der Waals surface area (Å²) < 4.78 is 65.0. The maximum absolute atomic E-state index is 12.0. The molecule has 13 nitrogen and oxygen atoms in total. The molecule has 15 heteroatoms. The van der Waals surface area contributed by atoms with Crippen LogP contribution in [0.4, 0.5) is 28.4 Å². The Kier molecular flexibility index (Phi) is 8.20. The first kappa shape index (κ1) is 28.3. The van der Waals surface area contributed by atoms with Crippen LogP contribution in [0.5, 0.6) is 11.5 Å². The summed E-state index contributed by atoms with van der Waals surface area (Å²) in [5.74, 6) is -0.322. The fraction of sp³-hybridized carbons (Fsp3) is 0.0400. The van der Waals surface area contributed by atoms with Gasteiger partial charge in [-0.1, -0.05) is 12.1 Å². The van der Waals surface area contributed by atoms with Gasteiger partial charge in [0.15, 0.2) is 0 Å². The molecule has 4 rings (SSSR count). The van der Waals surface area contributed by atoms with Crippen LogP contribution >= 0.6 is 0 Å². The second-order valence-electron chi connectivity index (χ2n) is 8.22. The molecule has 0 atom stereocenters. The van der Waals surface area contributed by atoms with Crippen molar-refractivity contribution >= 4 is 48.7 Å². The van der Waals surface area contributed by atoms with Crippen molar-refractivity contribution in [3.63, 3.8) is 0 Å². The van der Waals surface area contributed by atoms with E-state index in [4.69, 9.17) is 4.55 Å². The van der Waals surface area contributed by atoms with Gasteiger partial charge in [-0.05, 0) is 72.3 Å². The number of anilines is 1. The highest BCUT2D eigenvalue weighted by Crippen LogP contribution is 2.32. The number of nitrogens with one attached hydrogen (secondary N) is 1. The highest BCUT2D eigenvalue weighted by molar-refractivity contribution is 7.86. The van der Waals surface area contributed by atoms with Crippen molar-refractivity contribution in [3.05, 3.63) is 90.5 Å². The third-order valence-corrected chi connectivity index (χ3v) is 7.07. The summed E-state index contributed by atoms with van der Waals surface area (Å²) in [6.45, 7) is 0.194. The van der Waals surface area contributed by atoms with Crippen LogP contribution in [0, 0.1) is 0 Å². The number of aromatic hydroxyl groups is 2. The summed E-state index contributed by atoms with van der Waals surface area (Å²) in [6, 6.07) is 19.6. The van der Waals surface area contributed by atoms with Gasteiger partial charge in [-0.2, -0.15) is 32.2 Å². The van der Waals surface area contributed by atoms with E-state index >= 15 is 0 Å². The number of nitrogens with zero attached hydrogens (tertiary/aromatic N) is 4. The molecule has 0 amide bonds. The van der Waals surface area contributed by atoms with Gasteiger partial charge >= 0.3 is 0 Å². The lowest BCUT2D eigenvalue weighted by Gasteiger charge is -2.11. The third kappa shape index (κ3) is 7.45. The highest BCUT2D eigenvalue weighted by Gasteiger charge is 2.17. The molecule has 0 fully saturated rings. The monoisotopic (exact) mass is 583 g/mol. The first-order valence-electron chi connectivity index (χ1n) is 11.3. The Bertz CT molecular complexity index is 1810. The quantitative estimate of drug-likeness (QED) is 0.115. The maximum Gasteiger partial charge on any atom is 0.296 e. The topological polar surface area (TPSA) is 211 Å². The minimum atomic E-state index is -4.63. The highest BCUT2D eigenvalue weighted by atomic mass is 32.2. The normalized spacial score (nSPS) is 12.2. The number of rotatable bonds is 9. The Morgan fingerprint density at radius 1 is 0.625 bits per heavy atom. The summed E-state index contributed by atoms with van der Waals surface area (Å²) in [6.07, 6.45) is 0. The standard InChI is InChI=1S/C25H21N5O8S2/c31-20-8-12-22(24(32)14-20)30-28-17-3-1-16(2-4-17)15-26-23-11-7-19(13-25(23)40(36,37)38)29-27-18-5-9-21(10-6-18)39(33,34)35/h1-14,26,31-32H,15H2,(H,33,34,35)(H,36,37,38). The summed E-state index contributed by atoms with van der Waals surface area (Å²) in [5.41, 5.74) is 1.88. The van der Waals surface area contributed by atoms with E-state index in [0.29, 0.717) is 5.69 Å². The van der Waals surface area contributed by atoms with Crippen LogP contribution in [-0.2, 0) is 26.8 Å². The molecule has 5 N–H and O–H groups in total. The molecule has 0 radical (unpaired) electrons. The van der Waals surface area contributed by atoms with E-state index in [0.717, 1.165) is 29.8 Å². The summed E-state index contributed by atoms with van der Waals surface area (Å²) in [4.78, 5) is -0.742. The van der Waals surface area contributed by atoms with E-state index in [2.05, 4.69) is 25.8 Å². The van der Waals surface area contributed by atoms with Crippen LogP contribution in [0.15, 0.2) is 115 Å². The van der Waals surface area contributed by atoms with Gasteiger partial charge in [0.25, 0.3) is 20.2 Å². The van der Waals surface area contributed by atoms with E-state index in [1.165, 1.54) is 36.4 Å². The van der Waals surface area contributed by atoms with Gasteiger partial charge in [-0.15, -0.1) is 5.11 Å². The van der Waals surface area contributed by atoms with Crippen molar-refractivity contribution in [2.45, 2.75) is 16.3 Å². The molecule has 0 saturated heterocycles. The van der Waals surface area contributed by atoms with Crippen molar-refractivity contribution in [1.82, 2.24) is 0 Å². The van der Waals surface area contributed by atoms with E-state index in [1.807, 2.05) is 0 Å². The predicted molar refractivity (Wildman–Crippen MR) is 144 cm³/mol. The molecule has 4 aromatic carbocycles. The predicted octanol–water partition coefficient (Wildman–Crippen LogP) is 6.03. The SMILES string of the molecule is O=S(=O)(O)c1ccc(N=Nc2ccc(NCc3ccc(N=Nc4ccc(O)cc4O)cc3)c(S(=O)(=O)O)c2)cc1. The Hall–Kier alpha value is -4.70. The first-order valence-corrected chi connectivity index (χ1v) is 14.1. The van der Waals surface area contributed by atoms with Crippen LogP contribution in [0.1, 0.15) is 5.56 Å². The zero-order valence-corrected chi connectivity index (χ0v) is 22.0. The fourth-order valence-electron chi connectivity index (χ4n) is 3.32. The van der Waals surface area contributed by atoms with E-state index in [-0.39, 0.29) is 45.7 Å². The molecule has 4 aromatic rings. The number of benzene rings is 4. The van der Waals surface area contributed by atoms with Gasteiger partial charge in [-0.3, -0.25) is 9.11 Å². The second-order valence-corrected chi connectivity index (χ2v) is 11.0. The fourth-order valence-corrected chi connectivity index (χ4v) is 4.49. The molecule has 0 bridgehead atoms. The molecule has 0 aromatic heterocycles. The van der Waals surface area contributed by atoms with Crippen molar-refractivity contribution in [1.29, 1.82) is 0 Å². The van der Waals surface area contributed by atoms with Crippen molar-refractivity contribution in [3.8, 4) is 11.5 Å². The van der Waals surface area contributed by atoms with Gasteiger partial charge in [0.05, 0.1) is 27.6 Å². The number of phenolic OH excluding ortho intramolecular Hbond substituents is 2. The van der Waals surface area contributed by atoms with Crippen LogP contribution in [0.2, 0.25) is 0 Å². The average Bonchev–Trinajstić information content (AvgIpc) is 2.90. The van der Waals surface area contributed by atoms with E-state index in [1.54, 1.807) is 24.3 Å². The van der Waals surface area contributed by atoms with Gasteiger partial charge in [0.1, 0.15) is 22.1 Å². The first-order chi connectivity index (χ1) is 18.9. The van der Waals surface area contributed by atoms with E-state index in [9.17, 15) is 31.6 Å². The van der Waals surface area contributed by atoms with Gasteiger partial charge < -0.3 is 15.5 Å². The third-order valence-electron chi connectivity index (χ3n) is 5.31. The minimum absolute atomic E-state index is 0.101. The summed E-state index contributed by atoms with van der Waals surface area (Å²) >= 11 is 0. The van der Waals surface area contributed by atoms with Gasteiger partial charge in [-0.25, -0.2) is 0 Å². The Morgan fingerprint density at radius 3 is 1.80 bits per heavy atom. The minimum Gasteiger partial charge on any atom is -0.508 e. The van der Waals surface area contributed by atoms with Crippen molar-refractivity contribution in [2.75, 3.05) is 5.32 Å². The smallest absolute Gasteiger partial charge is 0.296 e. The van der Waals surface area contributed by atoms with Crippen molar-refractivity contribution < 1.29 is 36.2 Å². The molecule has 0 saturated carbocycles. The summed E-state index contributed by atoms with van der Waals surface area (Å²) in [5, 5.41) is 37.9. The largest absolute Gasteiger partial charge is 0.508 e. The molecular weight excluding hydrogens is 562 g/mol. The Balaban J connectivity index is 1.45. The molecule has 0 aliphatic heterocycles. The lowest BCUT2D eigenvalue weighted by Crippen LogP contribution is -2.06. The number of hydrogen-bond acceptors (Lipinski definition) is 11. The lowest BCUT2D eigenvalue weighted by molar-refractivity contribution is 0.451.